The van der Waals surface area contributed by atoms with Crippen molar-refractivity contribution in [3.63, 3.8) is 0 Å². The van der Waals surface area contributed by atoms with Gasteiger partial charge in [-0.1, -0.05) is 40.2 Å². The molecule has 0 amide bonds. The van der Waals surface area contributed by atoms with E-state index in [1.54, 1.807) is 6.07 Å². The SMILES string of the molecule is FC(F)(F)c1ccccc1-n1nc(-c2ccc(Br)cc2)c2c1NCC2. The van der Waals surface area contributed by atoms with Crippen LogP contribution in [0.15, 0.2) is 53.0 Å². The minimum Gasteiger partial charge on any atom is -0.369 e. The summed E-state index contributed by atoms with van der Waals surface area (Å²) >= 11 is 3.39. The summed E-state index contributed by atoms with van der Waals surface area (Å²) in [5.74, 6) is 0.634. The number of benzene rings is 2. The second-order valence-electron chi connectivity index (χ2n) is 5.79. The average molecular weight is 408 g/mol. The highest BCUT2D eigenvalue weighted by atomic mass is 79.9. The second kappa shape index (κ2) is 5.91. The van der Waals surface area contributed by atoms with Crippen LogP contribution in [0.2, 0.25) is 0 Å². The lowest BCUT2D eigenvalue weighted by Crippen LogP contribution is -2.13. The summed E-state index contributed by atoms with van der Waals surface area (Å²) in [5, 5.41) is 7.69. The zero-order valence-electron chi connectivity index (χ0n) is 12.9. The quantitative estimate of drug-likeness (QED) is 0.625. The average Bonchev–Trinajstić information content (AvgIpc) is 3.17. The van der Waals surface area contributed by atoms with Gasteiger partial charge in [0.05, 0.1) is 16.9 Å². The van der Waals surface area contributed by atoms with E-state index in [9.17, 15) is 13.2 Å². The number of nitrogens with zero attached hydrogens (tertiary/aromatic N) is 2. The predicted octanol–water partition coefficient (Wildman–Crippen LogP) is 5.29. The molecule has 0 saturated heterocycles. The van der Waals surface area contributed by atoms with Crippen molar-refractivity contribution in [2.75, 3.05) is 11.9 Å². The van der Waals surface area contributed by atoms with Crippen molar-refractivity contribution in [3.05, 3.63) is 64.1 Å². The highest BCUT2D eigenvalue weighted by Gasteiger charge is 2.35. The molecule has 1 aliphatic rings. The molecule has 0 bridgehead atoms. The molecule has 25 heavy (non-hydrogen) atoms. The maximum absolute atomic E-state index is 13.4. The molecule has 0 spiro atoms. The number of hydrogen-bond donors (Lipinski definition) is 1. The molecule has 2 heterocycles. The molecular weight excluding hydrogens is 395 g/mol. The van der Waals surface area contributed by atoms with Gasteiger partial charge in [0.15, 0.2) is 0 Å². The fraction of sp³-hybridized carbons (Fsp3) is 0.167. The van der Waals surface area contributed by atoms with Crippen LogP contribution in [0.4, 0.5) is 19.0 Å². The standard InChI is InChI=1S/C18H13BrF3N3/c19-12-7-5-11(6-8-12)16-13-9-10-23-17(13)25(24-16)15-4-2-1-3-14(15)18(20,21)22/h1-8,23H,9-10H2. The first kappa shape index (κ1) is 16.2. The molecule has 7 heteroatoms. The molecule has 3 aromatic rings. The van der Waals surface area contributed by atoms with E-state index < -0.39 is 11.7 Å². The molecule has 0 unspecified atom stereocenters. The summed E-state index contributed by atoms with van der Waals surface area (Å²) in [4.78, 5) is 0. The molecule has 4 rings (SSSR count). The van der Waals surface area contributed by atoms with Crippen LogP contribution in [0.25, 0.3) is 16.9 Å². The highest BCUT2D eigenvalue weighted by molar-refractivity contribution is 9.10. The zero-order chi connectivity index (χ0) is 17.6. The van der Waals surface area contributed by atoms with E-state index in [2.05, 4.69) is 26.3 Å². The van der Waals surface area contributed by atoms with Crippen LogP contribution in [0.1, 0.15) is 11.1 Å². The summed E-state index contributed by atoms with van der Waals surface area (Å²) in [6.07, 6.45) is -3.71. The minimum atomic E-state index is -4.44. The Balaban J connectivity index is 1.91. The second-order valence-corrected chi connectivity index (χ2v) is 6.70. The number of fused-ring (bicyclic) bond motifs is 1. The molecule has 1 aromatic heterocycles. The highest BCUT2D eigenvalue weighted by Crippen LogP contribution is 2.39. The third-order valence-corrected chi connectivity index (χ3v) is 4.73. The van der Waals surface area contributed by atoms with Gasteiger partial charge >= 0.3 is 6.18 Å². The number of para-hydroxylation sites is 1. The topological polar surface area (TPSA) is 29.9 Å². The van der Waals surface area contributed by atoms with Gasteiger partial charge in [0, 0.05) is 22.1 Å². The van der Waals surface area contributed by atoms with Crippen molar-refractivity contribution in [3.8, 4) is 16.9 Å². The summed E-state index contributed by atoms with van der Waals surface area (Å²) in [5.41, 5.74) is 1.87. The van der Waals surface area contributed by atoms with Crippen LogP contribution in [0, 0.1) is 0 Å². The van der Waals surface area contributed by atoms with Crippen LogP contribution < -0.4 is 5.32 Å². The molecule has 2 aromatic carbocycles. The van der Waals surface area contributed by atoms with Crippen LogP contribution >= 0.6 is 15.9 Å². The Morgan fingerprint density at radius 2 is 1.76 bits per heavy atom. The Kier molecular flexibility index (Phi) is 3.83. The van der Waals surface area contributed by atoms with Crippen molar-refractivity contribution in [1.29, 1.82) is 0 Å². The van der Waals surface area contributed by atoms with E-state index in [1.807, 2.05) is 24.3 Å². The Hall–Kier alpha value is -2.28. The number of aromatic nitrogens is 2. The fourth-order valence-corrected chi connectivity index (χ4v) is 3.35. The Labute approximate surface area is 150 Å². The first-order valence-corrected chi connectivity index (χ1v) is 8.53. The lowest BCUT2D eigenvalue weighted by molar-refractivity contribution is -0.137. The maximum atomic E-state index is 13.4. The van der Waals surface area contributed by atoms with Gasteiger partial charge in [0.25, 0.3) is 0 Å². The van der Waals surface area contributed by atoms with E-state index in [0.717, 1.165) is 28.1 Å². The Bertz CT molecular complexity index is 930. The monoisotopic (exact) mass is 407 g/mol. The number of nitrogens with one attached hydrogen (secondary N) is 1. The van der Waals surface area contributed by atoms with Crippen molar-refractivity contribution >= 4 is 21.7 Å². The first-order chi connectivity index (χ1) is 11.9. The molecule has 0 fully saturated rings. The van der Waals surface area contributed by atoms with Crippen LogP contribution in [0.3, 0.4) is 0 Å². The van der Waals surface area contributed by atoms with E-state index in [1.165, 1.54) is 16.8 Å². The van der Waals surface area contributed by atoms with E-state index in [0.29, 0.717) is 18.1 Å². The van der Waals surface area contributed by atoms with E-state index in [4.69, 9.17) is 0 Å². The molecule has 1 N–H and O–H groups in total. The number of alkyl halides is 3. The lowest BCUT2D eigenvalue weighted by atomic mass is 10.1. The minimum absolute atomic E-state index is 0.0315. The summed E-state index contributed by atoms with van der Waals surface area (Å²) in [6.45, 7) is 0.685. The summed E-state index contributed by atoms with van der Waals surface area (Å²) < 4.78 is 42.5. The molecule has 128 valence electrons. The van der Waals surface area contributed by atoms with Gasteiger partial charge in [-0.25, -0.2) is 4.68 Å². The molecule has 1 aliphatic heterocycles. The number of halogens is 4. The van der Waals surface area contributed by atoms with Crippen molar-refractivity contribution in [2.24, 2.45) is 0 Å². The Morgan fingerprint density at radius 3 is 2.48 bits per heavy atom. The van der Waals surface area contributed by atoms with Crippen molar-refractivity contribution in [2.45, 2.75) is 12.6 Å². The van der Waals surface area contributed by atoms with Gasteiger partial charge in [0.2, 0.25) is 0 Å². The number of hydrogen-bond acceptors (Lipinski definition) is 2. The van der Waals surface area contributed by atoms with Gasteiger partial charge < -0.3 is 5.32 Å². The number of rotatable bonds is 2. The molecule has 0 aliphatic carbocycles. The van der Waals surface area contributed by atoms with E-state index >= 15 is 0 Å². The van der Waals surface area contributed by atoms with Crippen LogP contribution in [-0.2, 0) is 12.6 Å². The normalized spacial score (nSPS) is 13.6. The first-order valence-electron chi connectivity index (χ1n) is 7.73. The largest absolute Gasteiger partial charge is 0.418 e. The van der Waals surface area contributed by atoms with Gasteiger partial charge in [-0.15, -0.1) is 0 Å². The van der Waals surface area contributed by atoms with Gasteiger partial charge in [-0.2, -0.15) is 18.3 Å². The maximum Gasteiger partial charge on any atom is 0.418 e. The molecule has 0 saturated carbocycles. The predicted molar refractivity (Wildman–Crippen MR) is 93.9 cm³/mol. The van der Waals surface area contributed by atoms with Crippen molar-refractivity contribution in [1.82, 2.24) is 9.78 Å². The molecule has 0 atom stereocenters. The summed E-state index contributed by atoms with van der Waals surface area (Å²) in [7, 11) is 0. The van der Waals surface area contributed by atoms with Gasteiger partial charge in [0.1, 0.15) is 5.82 Å². The third kappa shape index (κ3) is 2.82. The zero-order valence-corrected chi connectivity index (χ0v) is 14.5. The van der Waals surface area contributed by atoms with E-state index in [-0.39, 0.29) is 5.69 Å². The fourth-order valence-electron chi connectivity index (χ4n) is 3.09. The van der Waals surface area contributed by atoms with Gasteiger partial charge in [-0.05, 0) is 30.7 Å². The van der Waals surface area contributed by atoms with Crippen LogP contribution in [0.5, 0.6) is 0 Å². The molecular formula is C18H13BrF3N3. The lowest BCUT2D eigenvalue weighted by Gasteiger charge is -2.14. The number of anilines is 1. The Morgan fingerprint density at radius 1 is 1.04 bits per heavy atom. The molecule has 0 radical (unpaired) electrons. The molecule has 3 nitrogen and oxygen atoms in total. The third-order valence-electron chi connectivity index (χ3n) is 4.21. The summed E-state index contributed by atoms with van der Waals surface area (Å²) in [6, 6.07) is 13.1. The van der Waals surface area contributed by atoms with Crippen LogP contribution in [-0.4, -0.2) is 16.3 Å². The smallest absolute Gasteiger partial charge is 0.369 e. The van der Waals surface area contributed by atoms with Gasteiger partial charge in [-0.3, -0.25) is 0 Å². The van der Waals surface area contributed by atoms with Crippen molar-refractivity contribution < 1.29 is 13.2 Å².